The van der Waals surface area contributed by atoms with Crippen molar-refractivity contribution in [2.75, 3.05) is 20.3 Å². The number of halogens is 1. The highest BCUT2D eigenvalue weighted by atomic mass is 35.5. The first-order valence-corrected chi connectivity index (χ1v) is 4.23. The molecule has 0 atom stereocenters. The Labute approximate surface area is 95.0 Å². The second-order valence-electron chi connectivity index (χ2n) is 2.61. The number of nitrogens with two attached hydrogens (primary N) is 1. The summed E-state index contributed by atoms with van der Waals surface area (Å²) < 4.78 is 10.4. The number of hydrogen-bond acceptors (Lipinski definition) is 4. The molecular weight excluding hydrogens is 216 g/mol. The standard InChI is InChI=1S/C10H12N2O2.ClH/c1-13-10-6-8(7-12)2-3-9(10)14-5-4-11;/h2-3,6H,4-5,11H2,1H3;1H. The molecule has 0 bridgehead atoms. The fourth-order valence-electron chi connectivity index (χ4n) is 1.03. The highest BCUT2D eigenvalue weighted by molar-refractivity contribution is 5.85. The van der Waals surface area contributed by atoms with E-state index in [1.165, 1.54) is 7.11 Å². The van der Waals surface area contributed by atoms with Crippen LogP contribution in [0.3, 0.4) is 0 Å². The molecule has 0 heterocycles. The Bertz CT molecular complexity index is 350. The van der Waals surface area contributed by atoms with Gasteiger partial charge in [0.15, 0.2) is 11.5 Å². The summed E-state index contributed by atoms with van der Waals surface area (Å²) in [6.45, 7) is 0.880. The number of ether oxygens (including phenoxy) is 2. The Kier molecular flexibility index (Phi) is 6.27. The summed E-state index contributed by atoms with van der Waals surface area (Å²) in [6, 6.07) is 7.03. The Morgan fingerprint density at radius 3 is 2.67 bits per heavy atom. The summed E-state index contributed by atoms with van der Waals surface area (Å²) in [4.78, 5) is 0. The molecule has 1 rings (SSSR count). The monoisotopic (exact) mass is 228 g/mol. The normalized spacial score (nSPS) is 8.60. The third-order valence-electron chi connectivity index (χ3n) is 1.67. The molecule has 15 heavy (non-hydrogen) atoms. The smallest absolute Gasteiger partial charge is 0.162 e. The zero-order valence-corrected chi connectivity index (χ0v) is 9.21. The molecule has 5 heteroatoms. The van der Waals surface area contributed by atoms with Crippen molar-refractivity contribution in [1.29, 1.82) is 5.26 Å². The molecule has 0 aliphatic carbocycles. The van der Waals surface area contributed by atoms with Gasteiger partial charge in [0.1, 0.15) is 6.61 Å². The van der Waals surface area contributed by atoms with Crippen LogP contribution in [-0.4, -0.2) is 20.3 Å². The number of benzene rings is 1. The van der Waals surface area contributed by atoms with E-state index in [2.05, 4.69) is 0 Å². The van der Waals surface area contributed by atoms with Crippen molar-refractivity contribution >= 4 is 12.4 Å². The van der Waals surface area contributed by atoms with Gasteiger partial charge in [-0.05, 0) is 12.1 Å². The predicted octanol–water partition coefficient (Wildman–Crippen LogP) is 1.33. The van der Waals surface area contributed by atoms with E-state index in [4.69, 9.17) is 20.5 Å². The van der Waals surface area contributed by atoms with Crippen molar-refractivity contribution in [3.05, 3.63) is 23.8 Å². The molecule has 4 nitrogen and oxygen atoms in total. The first-order chi connectivity index (χ1) is 6.81. The van der Waals surface area contributed by atoms with E-state index < -0.39 is 0 Å². The summed E-state index contributed by atoms with van der Waals surface area (Å²) in [5, 5.41) is 8.66. The van der Waals surface area contributed by atoms with Gasteiger partial charge in [-0.15, -0.1) is 12.4 Å². The lowest BCUT2D eigenvalue weighted by Gasteiger charge is -2.09. The van der Waals surface area contributed by atoms with E-state index in [1.807, 2.05) is 6.07 Å². The maximum absolute atomic E-state index is 8.66. The molecule has 0 amide bonds. The van der Waals surface area contributed by atoms with Gasteiger partial charge in [0, 0.05) is 12.6 Å². The van der Waals surface area contributed by atoms with E-state index in [0.29, 0.717) is 30.2 Å². The molecule has 0 fully saturated rings. The van der Waals surface area contributed by atoms with Crippen LogP contribution in [0.25, 0.3) is 0 Å². The minimum absolute atomic E-state index is 0. The van der Waals surface area contributed by atoms with Crippen LogP contribution < -0.4 is 15.2 Å². The Morgan fingerprint density at radius 2 is 2.13 bits per heavy atom. The van der Waals surface area contributed by atoms with Gasteiger partial charge < -0.3 is 15.2 Å². The highest BCUT2D eigenvalue weighted by Gasteiger charge is 2.04. The van der Waals surface area contributed by atoms with Crippen molar-refractivity contribution in [2.45, 2.75) is 0 Å². The van der Waals surface area contributed by atoms with Gasteiger partial charge in [0.2, 0.25) is 0 Å². The van der Waals surface area contributed by atoms with E-state index in [-0.39, 0.29) is 12.4 Å². The van der Waals surface area contributed by atoms with Crippen LogP contribution in [0.2, 0.25) is 0 Å². The second-order valence-corrected chi connectivity index (χ2v) is 2.61. The number of hydrogen-bond donors (Lipinski definition) is 1. The van der Waals surface area contributed by atoms with Crippen LogP contribution in [0, 0.1) is 11.3 Å². The molecule has 0 unspecified atom stereocenters. The molecule has 0 radical (unpaired) electrons. The van der Waals surface area contributed by atoms with Gasteiger partial charge in [0.25, 0.3) is 0 Å². The Hall–Kier alpha value is -1.44. The van der Waals surface area contributed by atoms with Gasteiger partial charge in [-0.25, -0.2) is 0 Å². The summed E-state index contributed by atoms with van der Waals surface area (Å²) >= 11 is 0. The van der Waals surface area contributed by atoms with E-state index in [9.17, 15) is 0 Å². The average molecular weight is 229 g/mol. The highest BCUT2D eigenvalue weighted by Crippen LogP contribution is 2.27. The fraction of sp³-hybridized carbons (Fsp3) is 0.300. The minimum atomic E-state index is 0. The third-order valence-corrected chi connectivity index (χ3v) is 1.67. The topological polar surface area (TPSA) is 68.3 Å². The molecule has 2 N–H and O–H groups in total. The maximum atomic E-state index is 8.66. The van der Waals surface area contributed by atoms with E-state index in [0.717, 1.165) is 0 Å². The SMILES string of the molecule is COc1cc(C#N)ccc1OCCN.Cl. The molecule has 0 saturated carbocycles. The number of rotatable bonds is 4. The van der Waals surface area contributed by atoms with Crippen molar-refractivity contribution in [2.24, 2.45) is 5.73 Å². The molecular formula is C10H13ClN2O2. The molecule has 0 aromatic heterocycles. The van der Waals surface area contributed by atoms with Gasteiger partial charge in [0.05, 0.1) is 18.7 Å². The van der Waals surface area contributed by atoms with E-state index in [1.54, 1.807) is 18.2 Å². The maximum Gasteiger partial charge on any atom is 0.162 e. The Morgan fingerprint density at radius 1 is 1.40 bits per heavy atom. The van der Waals surface area contributed by atoms with Crippen LogP contribution in [-0.2, 0) is 0 Å². The largest absolute Gasteiger partial charge is 0.493 e. The van der Waals surface area contributed by atoms with Crippen molar-refractivity contribution in [3.63, 3.8) is 0 Å². The summed E-state index contributed by atoms with van der Waals surface area (Å²) in [5.41, 5.74) is 5.85. The van der Waals surface area contributed by atoms with Gasteiger partial charge >= 0.3 is 0 Å². The lowest BCUT2D eigenvalue weighted by Crippen LogP contribution is -2.11. The first-order valence-electron chi connectivity index (χ1n) is 4.23. The van der Waals surface area contributed by atoms with Crippen LogP contribution in [0.5, 0.6) is 11.5 Å². The molecule has 1 aromatic carbocycles. The minimum Gasteiger partial charge on any atom is -0.493 e. The first kappa shape index (κ1) is 13.6. The van der Waals surface area contributed by atoms with Crippen molar-refractivity contribution < 1.29 is 9.47 Å². The van der Waals surface area contributed by atoms with Crippen LogP contribution in [0.1, 0.15) is 5.56 Å². The van der Waals surface area contributed by atoms with Crippen LogP contribution in [0.15, 0.2) is 18.2 Å². The molecule has 0 aliphatic heterocycles. The van der Waals surface area contributed by atoms with Gasteiger partial charge in [-0.2, -0.15) is 5.26 Å². The molecule has 1 aromatic rings. The second kappa shape index (κ2) is 6.93. The molecule has 0 saturated heterocycles. The van der Waals surface area contributed by atoms with Gasteiger partial charge in [-0.3, -0.25) is 0 Å². The Balaban J connectivity index is 0.00000196. The molecule has 82 valence electrons. The zero-order valence-electron chi connectivity index (χ0n) is 8.40. The van der Waals surface area contributed by atoms with Crippen molar-refractivity contribution in [1.82, 2.24) is 0 Å². The molecule has 0 spiro atoms. The average Bonchev–Trinajstić information content (AvgIpc) is 2.26. The summed E-state index contributed by atoms with van der Waals surface area (Å²) in [5.74, 6) is 1.16. The van der Waals surface area contributed by atoms with Crippen LogP contribution >= 0.6 is 12.4 Å². The van der Waals surface area contributed by atoms with Crippen LogP contribution in [0.4, 0.5) is 0 Å². The third kappa shape index (κ3) is 3.66. The fourth-order valence-corrected chi connectivity index (χ4v) is 1.03. The summed E-state index contributed by atoms with van der Waals surface area (Å²) in [7, 11) is 1.53. The van der Waals surface area contributed by atoms with Gasteiger partial charge in [-0.1, -0.05) is 0 Å². The lowest BCUT2D eigenvalue weighted by molar-refractivity contribution is 0.302. The summed E-state index contributed by atoms with van der Waals surface area (Å²) in [6.07, 6.45) is 0. The molecule has 0 aliphatic rings. The number of nitrogens with zero attached hydrogens (tertiary/aromatic N) is 1. The predicted molar refractivity (Wildman–Crippen MR) is 59.5 cm³/mol. The quantitative estimate of drug-likeness (QED) is 0.844. The van der Waals surface area contributed by atoms with E-state index >= 15 is 0 Å². The van der Waals surface area contributed by atoms with Crippen molar-refractivity contribution in [3.8, 4) is 17.6 Å². The number of methoxy groups -OCH3 is 1. The number of nitriles is 1. The zero-order chi connectivity index (χ0) is 10.4. The lowest BCUT2D eigenvalue weighted by atomic mass is 10.2.